The van der Waals surface area contributed by atoms with Gasteiger partial charge in [-0.1, -0.05) is 26.0 Å². The van der Waals surface area contributed by atoms with E-state index in [1.165, 1.54) is 12.1 Å². The lowest BCUT2D eigenvalue weighted by Crippen LogP contribution is -2.06. The molecule has 0 spiro atoms. The predicted octanol–water partition coefficient (Wildman–Crippen LogP) is 3.15. The molecule has 3 nitrogen and oxygen atoms in total. The fourth-order valence-electron chi connectivity index (χ4n) is 1.61. The van der Waals surface area contributed by atoms with Gasteiger partial charge in [-0.25, -0.2) is 9.07 Å². The molecule has 18 heavy (non-hydrogen) atoms. The minimum Gasteiger partial charge on any atom is -0.383 e. The molecule has 0 atom stereocenters. The van der Waals surface area contributed by atoms with Crippen LogP contribution in [0.25, 0.3) is 0 Å². The van der Waals surface area contributed by atoms with Gasteiger partial charge in [0.05, 0.1) is 17.6 Å². The van der Waals surface area contributed by atoms with Gasteiger partial charge in [0.1, 0.15) is 11.6 Å². The highest BCUT2D eigenvalue weighted by molar-refractivity contribution is 8.00. The van der Waals surface area contributed by atoms with Crippen LogP contribution in [0.4, 0.5) is 10.2 Å². The molecular weight excluding hydrogens is 249 g/mol. The van der Waals surface area contributed by atoms with Gasteiger partial charge in [0.15, 0.2) is 0 Å². The van der Waals surface area contributed by atoms with Crippen LogP contribution in [0.3, 0.4) is 0 Å². The second-order valence-corrected chi connectivity index (χ2v) is 5.96. The zero-order valence-electron chi connectivity index (χ0n) is 10.4. The number of nitrogens with zero attached hydrogens (tertiary/aromatic N) is 2. The van der Waals surface area contributed by atoms with Crippen LogP contribution >= 0.6 is 11.8 Å². The monoisotopic (exact) mass is 265 g/mol. The zero-order chi connectivity index (χ0) is 13.1. The van der Waals surface area contributed by atoms with E-state index in [-0.39, 0.29) is 5.82 Å². The lowest BCUT2D eigenvalue weighted by atomic mass is 10.2. The molecule has 1 aromatic carbocycles. The molecule has 0 aliphatic heterocycles. The number of hydrogen-bond acceptors (Lipinski definition) is 3. The largest absolute Gasteiger partial charge is 0.383 e. The molecule has 0 radical (unpaired) electrons. The van der Waals surface area contributed by atoms with Crippen molar-refractivity contribution in [1.29, 1.82) is 0 Å². The summed E-state index contributed by atoms with van der Waals surface area (Å²) in [5, 5.41) is 4.73. The Hall–Kier alpha value is -1.49. The number of rotatable bonds is 4. The molecule has 5 heteroatoms. The topological polar surface area (TPSA) is 43.8 Å². The van der Waals surface area contributed by atoms with E-state index in [4.69, 9.17) is 5.73 Å². The third kappa shape index (κ3) is 3.04. The van der Waals surface area contributed by atoms with Gasteiger partial charge in [0, 0.05) is 5.25 Å². The summed E-state index contributed by atoms with van der Waals surface area (Å²) in [5.74, 6) is 0.432. The molecule has 0 aliphatic carbocycles. The van der Waals surface area contributed by atoms with Crippen molar-refractivity contribution in [2.24, 2.45) is 0 Å². The number of aromatic nitrogens is 2. The lowest BCUT2D eigenvalue weighted by Gasteiger charge is -2.06. The quantitative estimate of drug-likeness (QED) is 0.864. The first-order valence-electron chi connectivity index (χ1n) is 5.78. The molecule has 1 heterocycles. The smallest absolute Gasteiger partial charge is 0.135 e. The van der Waals surface area contributed by atoms with Crippen molar-refractivity contribution in [2.75, 3.05) is 5.73 Å². The van der Waals surface area contributed by atoms with Gasteiger partial charge in [-0.2, -0.15) is 5.10 Å². The van der Waals surface area contributed by atoms with Gasteiger partial charge < -0.3 is 5.73 Å². The van der Waals surface area contributed by atoms with Crippen molar-refractivity contribution in [1.82, 2.24) is 9.78 Å². The zero-order valence-corrected chi connectivity index (χ0v) is 11.2. The Balaban J connectivity index is 2.14. The van der Waals surface area contributed by atoms with E-state index in [0.717, 1.165) is 10.5 Å². The molecule has 0 saturated heterocycles. The minimum absolute atomic E-state index is 0.233. The molecule has 2 rings (SSSR count). The van der Waals surface area contributed by atoms with Crippen LogP contribution in [0.5, 0.6) is 0 Å². The fraction of sp³-hybridized carbons (Fsp3) is 0.308. The van der Waals surface area contributed by atoms with Crippen LogP contribution < -0.4 is 5.73 Å². The highest BCUT2D eigenvalue weighted by atomic mass is 32.2. The van der Waals surface area contributed by atoms with Gasteiger partial charge >= 0.3 is 0 Å². The first-order chi connectivity index (χ1) is 8.56. The molecule has 0 saturated carbocycles. The normalized spacial score (nSPS) is 11.1. The highest BCUT2D eigenvalue weighted by Gasteiger charge is 2.09. The number of nitrogens with two attached hydrogens (primary N) is 1. The third-order valence-electron chi connectivity index (χ3n) is 2.45. The molecule has 0 aliphatic rings. The summed E-state index contributed by atoms with van der Waals surface area (Å²) < 4.78 is 14.5. The summed E-state index contributed by atoms with van der Waals surface area (Å²) >= 11 is 1.69. The summed E-state index contributed by atoms with van der Waals surface area (Å²) in [6, 6.07) is 6.37. The Bertz CT molecular complexity index is 520. The van der Waals surface area contributed by atoms with Crippen molar-refractivity contribution >= 4 is 17.6 Å². The summed E-state index contributed by atoms with van der Waals surface area (Å²) in [5.41, 5.74) is 7.01. The van der Waals surface area contributed by atoms with Gasteiger partial charge in [-0.05, 0) is 17.7 Å². The number of thioether (sulfide) groups is 1. The van der Waals surface area contributed by atoms with E-state index in [1.54, 1.807) is 34.8 Å². The molecule has 2 aromatic rings. The number of nitrogen functional groups attached to an aromatic ring is 1. The Labute approximate surface area is 110 Å². The molecule has 0 fully saturated rings. The minimum atomic E-state index is -0.233. The van der Waals surface area contributed by atoms with Gasteiger partial charge in [0.25, 0.3) is 0 Å². The molecule has 96 valence electrons. The van der Waals surface area contributed by atoms with Crippen molar-refractivity contribution in [2.45, 2.75) is 30.5 Å². The van der Waals surface area contributed by atoms with Crippen LogP contribution in [0.2, 0.25) is 0 Å². The molecule has 0 amide bonds. The first-order valence-corrected chi connectivity index (χ1v) is 6.66. The highest BCUT2D eigenvalue weighted by Crippen LogP contribution is 2.28. The van der Waals surface area contributed by atoms with Crippen LogP contribution in [-0.2, 0) is 6.54 Å². The second kappa shape index (κ2) is 5.44. The lowest BCUT2D eigenvalue weighted by molar-refractivity contribution is 0.625. The number of hydrogen-bond donors (Lipinski definition) is 1. The predicted molar refractivity (Wildman–Crippen MR) is 73.1 cm³/mol. The van der Waals surface area contributed by atoms with E-state index in [9.17, 15) is 4.39 Å². The van der Waals surface area contributed by atoms with Crippen LogP contribution in [0, 0.1) is 5.82 Å². The fourth-order valence-corrected chi connectivity index (χ4v) is 2.45. The molecule has 0 bridgehead atoms. The van der Waals surface area contributed by atoms with Gasteiger partial charge in [-0.15, -0.1) is 11.8 Å². The Morgan fingerprint density at radius 1 is 1.33 bits per heavy atom. The van der Waals surface area contributed by atoms with E-state index in [1.807, 2.05) is 0 Å². The molecule has 0 unspecified atom stereocenters. The van der Waals surface area contributed by atoms with Crippen LogP contribution in [0.15, 0.2) is 35.4 Å². The van der Waals surface area contributed by atoms with Crippen molar-refractivity contribution in [3.63, 3.8) is 0 Å². The SMILES string of the molecule is CC(C)Sc1cnn(Cc2ccc(F)cc2)c1N. The van der Waals surface area contributed by atoms with E-state index in [0.29, 0.717) is 17.6 Å². The Morgan fingerprint density at radius 3 is 2.61 bits per heavy atom. The van der Waals surface area contributed by atoms with Gasteiger partial charge in [0.2, 0.25) is 0 Å². The Kier molecular flexibility index (Phi) is 3.91. The number of halogens is 1. The molecular formula is C13H16FN3S. The van der Waals surface area contributed by atoms with Crippen molar-refractivity contribution in [3.8, 4) is 0 Å². The molecule has 2 N–H and O–H groups in total. The van der Waals surface area contributed by atoms with E-state index < -0.39 is 0 Å². The number of benzene rings is 1. The first kappa shape index (κ1) is 13.0. The third-order valence-corrected chi connectivity index (χ3v) is 3.49. The maximum absolute atomic E-state index is 12.8. The van der Waals surface area contributed by atoms with Crippen LogP contribution in [0.1, 0.15) is 19.4 Å². The maximum Gasteiger partial charge on any atom is 0.135 e. The second-order valence-electron chi connectivity index (χ2n) is 4.34. The van der Waals surface area contributed by atoms with Crippen molar-refractivity contribution in [3.05, 3.63) is 41.8 Å². The van der Waals surface area contributed by atoms with Crippen LogP contribution in [-0.4, -0.2) is 15.0 Å². The summed E-state index contributed by atoms with van der Waals surface area (Å²) in [6.07, 6.45) is 1.78. The standard InChI is InChI=1S/C13H16FN3S/c1-9(2)18-12-7-16-17(13(12)15)8-10-3-5-11(14)6-4-10/h3-7,9H,8,15H2,1-2H3. The average Bonchev–Trinajstić information content (AvgIpc) is 2.64. The summed E-state index contributed by atoms with van der Waals surface area (Å²) in [7, 11) is 0. The average molecular weight is 265 g/mol. The molecule has 1 aromatic heterocycles. The van der Waals surface area contributed by atoms with Crippen molar-refractivity contribution < 1.29 is 4.39 Å². The van der Waals surface area contributed by atoms with Gasteiger partial charge in [-0.3, -0.25) is 0 Å². The number of anilines is 1. The van der Waals surface area contributed by atoms with E-state index >= 15 is 0 Å². The Morgan fingerprint density at radius 2 is 2.00 bits per heavy atom. The summed E-state index contributed by atoms with van der Waals surface area (Å²) in [4.78, 5) is 0.993. The van der Waals surface area contributed by atoms with E-state index in [2.05, 4.69) is 18.9 Å². The maximum atomic E-state index is 12.8. The summed E-state index contributed by atoms with van der Waals surface area (Å²) in [6.45, 7) is 4.79.